The molecular formula is C24H31NO4. The molecule has 0 aromatic heterocycles. The first-order valence-corrected chi connectivity index (χ1v) is 10.9. The van der Waals surface area contributed by atoms with Gasteiger partial charge in [-0.15, -0.1) is 6.42 Å². The van der Waals surface area contributed by atoms with E-state index in [0.717, 1.165) is 57.1 Å². The Balaban J connectivity index is 1.56. The van der Waals surface area contributed by atoms with Crippen molar-refractivity contribution in [1.29, 1.82) is 0 Å². The molecule has 3 saturated carbocycles. The summed E-state index contributed by atoms with van der Waals surface area (Å²) in [6.45, 7) is 5.11. The van der Waals surface area contributed by atoms with Gasteiger partial charge in [-0.25, -0.2) is 4.79 Å². The van der Waals surface area contributed by atoms with Crippen LogP contribution in [0, 0.1) is 41.4 Å². The molecule has 4 aliphatic carbocycles. The maximum atomic E-state index is 11.8. The van der Waals surface area contributed by atoms with Gasteiger partial charge in [0.05, 0.1) is 5.71 Å². The Hall–Kier alpha value is -2.09. The van der Waals surface area contributed by atoms with Gasteiger partial charge in [0.2, 0.25) is 0 Å². The second-order valence-electron chi connectivity index (χ2n) is 9.56. The summed E-state index contributed by atoms with van der Waals surface area (Å²) in [7, 11) is 0. The minimum absolute atomic E-state index is 0.133. The first kappa shape index (κ1) is 20.2. The van der Waals surface area contributed by atoms with E-state index in [0.29, 0.717) is 23.7 Å². The molecular weight excluding hydrogens is 366 g/mol. The molecule has 5 heteroatoms. The highest BCUT2D eigenvalue weighted by atomic mass is 16.7. The average Bonchev–Trinajstić information content (AvgIpc) is 2.98. The van der Waals surface area contributed by atoms with Gasteiger partial charge in [0.25, 0.3) is 0 Å². The third kappa shape index (κ3) is 3.21. The summed E-state index contributed by atoms with van der Waals surface area (Å²) >= 11 is 0. The van der Waals surface area contributed by atoms with E-state index in [9.17, 15) is 9.59 Å². The summed E-state index contributed by atoms with van der Waals surface area (Å²) < 4.78 is 5.82. The monoisotopic (exact) mass is 397 g/mol. The van der Waals surface area contributed by atoms with E-state index >= 15 is 0 Å². The lowest BCUT2D eigenvalue weighted by Gasteiger charge is -2.55. The molecule has 4 aliphatic rings. The van der Waals surface area contributed by atoms with Gasteiger partial charge in [-0.05, 0) is 81.1 Å². The van der Waals surface area contributed by atoms with Gasteiger partial charge in [0.15, 0.2) is 5.60 Å². The Labute approximate surface area is 173 Å². The fraction of sp³-hybridized carbons (Fsp3) is 0.708. The molecule has 3 fully saturated rings. The molecule has 0 saturated heterocycles. The maximum absolute atomic E-state index is 11.8. The van der Waals surface area contributed by atoms with E-state index in [2.05, 4.69) is 24.1 Å². The van der Waals surface area contributed by atoms with Gasteiger partial charge < -0.3 is 9.57 Å². The second kappa shape index (κ2) is 7.31. The molecule has 0 aromatic carbocycles. The highest BCUT2D eigenvalue weighted by molar-refractivity contribution is 5.96. The van der Waals surface area contributed by atoms with Gasteiger partial charge in [0, 0.05) is 19.3 Å². The van der Waals surface area contributed by atoms with Crippen LogP contribution in [-0.2, 0) is 19.2 Å². The highest BCUT2D eigenvalue weighted by Gasteiger charge is 2.64. The molecule has 29 heavy (non-hydrogen) atoms. The first-order chi connectivity index (χ1) is 13.8. The third-order valence-corrected chi connectivity index (χ3v) is 8.28. The number of nitrogens with zero attached hydrogens (tertiary/aromatic N) is 1. The predicted molar refractivity (Wildman–Crippen MR) is 110 cm³/mol. The average molecular weight is 398 g/mol. The Morgan fingerprint density at radius 2 is 1.90 bits per heavy atom. The van der Waals surface area contributed by atoms with Gasteiger partial charge in [0.1, 0.15) is 0 Å². The summed E-state index contributed by atoms with van der Waals surface area (Å²) in [6, 6.07) is 0. The van der Waals surface area contributed by atoms with Crippen molar-refractivity contribution < 1.29 is 19.2 Å². The van der Waals surface area contributed by atoms with Gasteiger partial charge in [-0.3, -0.25) is 4.79 Å². The molecule has 0 heterocycles. The number of ether oxygens (including phenoxy) is 1. The van der Waals surface area contributed by atoms with Crippen LogP contribution in [0.4, 0.5) is 0 Å². The normalized spacial score (nSPS) is 42.0. The molecule has 4 rings (SSSR count). The summed E-state index contributed by atoms with van der Waals surface area (Å²) in [5.41, 5.74) is 1.47. The van der Waals surface area contributed by atoms with Gasteiger partial charge >= 0.3 is 11.9 Å². The van der Waals surface area contributed by atoms with Crippen molar-refractivity contribution in [1.82, 2.24) is 0 Å². The topological polar surface area (TPSA) is 65.0 Å². The van der Waals surface area contributed by atoms with Crippen LogP contribution in [0.3, 0.4) is 0 Å². The number of terminal acetylenes is 1. The number of oxime groups is 1. The molecule has 0 bridgehead atoms. The van der Waals surface area contributed by atoms with Crippen LogP contribution in [0.25, 0.3) is 0 Å². The second-order valence-corrected chi connectivity index (χ2v) is 9.56. The molecule has 5 nitrogen and oxygen atoms in total. The molecule has 0 aromatic rings. The third-order valence-electron chi connectivity index (χ3n) is 8.28. The van der Waals surface area contributed by atoms with Crippen LogP contribution in [0.5, 0.6) is 0 Å². The zero-order chi connectivity index (χ0) is 20.8. The molecule has 0 amide bonds. The summed E-state index contributed by atoms with van der Waals surface area (Å²) in [5, 5.41) is 4.02. The number of hydrogen-bond donors (Lipinski definition) is 0. The van der Waals surface area contributed by atoms with Crippen molar-refractivity contribution in [3.8, 4) is 12.3 Å². The van der Waals surface area contributed by atoms with Crippen LogP contribution >= 0.6 is 0 Å². The standard InChI is InChI=1S/C24H31NO4/c1-5-24(28-15(2)26)13-11-22-21-8-6-17-14-18(25-29-16(3)27)7-9-19(17)20(21)10-12-23(22,24)4/h1,14,19-22H,6-13H2,2-4H3/b25-18-/t19-,20+,21+,22-,23-,24?/m0/s1. The number of hydrogen-bond acceptors (Lipinski definition) is 5. The van der Waals surface area contributed by atoms with Crippen LogP contribution in [0.15, 0.2) is 16.8 Å². The zero-order valence-electron chi connectivity index (χ0n) is 17.7. The van der Waals surface area contributed by atoms with Crippen molar-refractivity contribution in [2.75, 3.05) is 0 Å². The Kier molecular flexibility index (Phi) is 5.09. The fourth-order valence-electron chi connectivity index (χ4n) is 7.07. The number of allylic oxidation sites excluding steroid dienone is 2. The quantitative estimate of drug-likeness (QED) is 0.300. The predicted octanol–water partition coefficient (Wildman–Crippen LogP) is 4.41. The molecule has 0 aliphatic heterocycles. The van der Waals surface area contributed by atoms with Gasteiger partial charge in [-0.2, -0.15) is 0 Å². The van der Waals surface area contributed by atoms with Crippen LogP contribution in [0.1, 0.15) is 72.1 Å². The summed E-state index contributed by atoms with van der Waals surface area (Å²) in [4.78, 5) is 27.7. The van der Waals surface area contributed by atoms with Crippen LogP contribution in [-0.4, -0.2) is 23.3 Å². The van der Waals surface area contributed by atoms with Crippen molar-refractivity contribution in [2.45, 2.75) is 77.7 Å². The van der Waals surface area contributed by atoms with Gasteiger partial charge in [-0.1, -0.05) is 23.6 Å². The summed E-state index contributed by atoms with van der Waals surface area (Å²) in [5.74, 6) is 4.66. The van der Waals surface area contributed by atoms with E-state index in [1.54, 1.807) is 0 Å². The lowest BCUT2D eigenvalue weighted by molar-refractivity contribution is -0.167. The number of carbonyl (C=O) groups is 2. The van der Waals surface area contributed by atoms with E-state index in [1.807, 2.05) is 0 Å². The largest absolute Gasteiger partial charge is 0.445 e. The minimum atomic E-state index is -0.749. The van der Waals surface area contributed by atoms with Crippen LogP contribution in [0.2, 0.25) is 0 Å². The Morgan fingerprint density at radius 3 is 2.59 bits per heavy atom. The van der Waals surface area contributed by atoms with Crippen molar-refractivity contribution in [3.63, 3.8) is 0 Å². The number of fused-ring (bicyclic) bond motifs is 5. The molecule has 0 spiro atoms. The highest BCUT2D eigenvalue weighted by Crippen LogP contribution is 2.65. The summed E-state index contributed by atoms with van der Waals surface area (Å²) in [6.07, 6.45) is 16.2. The SMILES string of the molecule is C#CC1(OC(C)=O)CC[C@H]2[C@@H]3CCC4=C/C(=N\OC(C)=O)CC[C@@H]4[C@H]3CC[C@@]21C. The van der Waals surface area contributed by atoms with E-state index in [-0.39, 0.29) is 17.4 Å². The lowest BCUT2D eigenvalue weighted by atomic mass is 9.50. The van der Waals surface area contributed by atoms with E-state index in [4.69, 9.17) is 16.0 Å². The Morgan fingerprint density at radius 1 is 1.10 bits per heavy atom. The lowest BCUT2D eigenvalue weighted by Crippen LogP contribution is -2.53. The number of rotatable bonds is 2. The Bertz CT molecular complexity index is 821. The van der Waals surface area contributed by atoms with Crippen molar-refractivity contribution >= 4 is 17.7 Å². The minimum Gasteiger partial charge on any atom is -0.445 e. The number of esters is 1. The van der Waals surface area contributed by atoms with Crippen LogP contribution < -0.4 is 0 Å². The molecule has 1 unspecified atom stereocenters. The van der Waals surface area contributed by atoms with E-state index in [1.165, 1.54) is 19.4 Å². The zero-order valence-corrected chi connectivity index (χ0v) is 17.7. The first-order valence-electron chi connectivity index (χ1n) is 10.9. The molecule has 0 radical (unpaired) electrons. The fourth-order valence-corrected chi connectivity index (χ4v) is 7.07. The molecule has 6 atom stereocenters. The van der Waals surface area contributed by atoms with Crippen molar-refractivity contribution in [2.24, 2.45) is 34.2 Å². The maximum Gasteiger partial charge on any atom is 0.331 e. The smallest absolute Gasteiger partial charge is 0.331 e. The molecule has 156 valence electrons. The number of carbonyl (C=O) groups excluding carboxylic acids is 2. The van der Waals surface area contributed by atoms with Crippen molar-refractivity contribution in [3.05, 3.63) is 11.6 Å². The van der Waals surface area contributed by atoms with E-state index < -0.39 is 5.60 Å². The molecule has 0 N–H and O–H groups in total.